The van der Waals surface area contributed by atoms with Gasteiger partial charge in [-0.05, 0) is 24.8 Å². The number of anilines is 1. The Kier molecular flexibility index (Phi) is 5.82. The van der Waals surface area contributed by atoms with Gasteiger partial charge in [-0.25, -0.2) is 10.8 Å². The molecule has 1 rings (SSSR count). The summed E-state index contributed by atoms with van der Waals surface area (Å²) in [5, 5.41) is 0. The largest absolute Gasteiger partial charge is 0.377 e. The summed E-state index contributed by atoms with van der Waals surface area (Å²) in [6.07, 6.45) is 4.01. The van der Waals surface area contributed by atoms with Crippen molar-refractivity contribution in [1.29, 1.82) is 0 Å². The van der Waals surface area contributed by atoms with Crippen molar-refractivity contribution in [3.63, 3.8) is 0 Å². The summed E-state index contributed by atoms with van der Waals surface area (Å²) >= 11 is 0. The van der Waals surface area contributed by atoms with Gasteiger partial charge in [0, 0.05) is 18.4 Å². The Morgan fingerprint density at radius 2 is 2.31 bits per heavy atom. The van der Waals surface area contributed by atoms with E-state index in [-0.39, 0.29) is 0 Å². The zero-order valence-electron chi connectivity index (χ0n) is 10.1. The highest BCUT2D eigenvalue weighted by Crippen LogP contribution is 2.11. The number of rotatable bonds is 7. The number of nitrogen functional groups attached to an aromatic ring is 1. The molecule has 0 aliphatic heterocycles. The zero-order chi connectivity index (χ0) is 11.8. The minimum absolute atomic E-state index is 0.561. The summed E-state index contributed by atoms with van der Waals surface area (Å²) in [6, 6.07) is 3.85. The molecule has 4 heteroatoms. The molecule has 0 spiro atoms. The van der Waals surface area contributed by atoms with Crippen molar-refractivity contribution >= 4 is 5.82 Å². The summed E-state index contributed by atoms with van der Waals surface area (Å²) in [7, 11) is 0. The maximum absolute atomic E-state index is 5.58. The van der Waals surface area contributed by atoms with E-state index in [1.165, 1.54) is 6.42 Å². The zero-order valence-corrected chi connectivity index (χ0v) is 10.1. The van der Waals surface area contributed by atoms with Gasteiger partial charge in [-0.15, -0.1) is 0 Å². The van der Waals surface area contributed by atoms with Gasteiger partial charge in [-0.3, -0.25) is 0 Å². The van der Waals surface area contributed by atoms with Crippen molar-refractivity contribution in [3.05, 3.63) is 23.9 Å². The second-order valence-electron chi connectivity index (χ2n) is 4.24. The molecule has 0 aliphatic rings. The first-order valence-corrected chi connectivity index (χ1v) is 5.72. The molecule has 1 heterocycles. The lowest BCUT2D eigenvalue weighted by Gasteiger charge is -2.09. The third-order valence-corrected chi connectivity index (χ3v) is 2.36. The smallest absolute Gasteiger partial charge is 0.145 e. The Morgan fingerprint density at radius 1 is 1.50 bits per heavy atom. The van der Waals surface area contributed by atoms with Gasteiger partial charge in [0.1, 0.15) is 5.82 Å². The third kappa shape index (κ3) is 4.59. The summed E-state index contributed by atoms with van der Waals surface area (Å²) in [5.74, 6) is 6.78. The van der Waals surface area contributed by atoms with Crippen LogP contribution in [0.25, 0.3) is 0 Å². The highest BCUT2D eigenvalue weighted by atomic mass is 16.5. The second-order valence-corrected chi connectivity index (χ2v) is 4.24. The fourth-order valence-electron chi connectivity index (χ4n) is 1.46. The van der Waals surface area contributed by atoms with Crippen LogP contribution in [0.15, 0.2) is 18.3 Å². The minimum atomic E-state index is 0.561. The Morgan fingerprint density at radius 3 is 3.00 bits per heavy atom. The van der Waals surface area contributed by atoms with Crippen LogP contribution in [-0.4, -0.2) is 11.6 Å². The van der Waals surface area contributed by atoms with E-state index in [0.29, 0.717) is 12.4 Å². The molecule has 0 unspecified atom stereocenters. The van der Waals surface area contributed by atoms with Crippen LogP contribution >= 0.6 is 0 Å². The molecule has 0 atom stereocenters. The molecule has 1 aromatic heterocycles. The van der Waals surface area contributed by atoms with Gasteiger partial charge >= 0.3 is 0 Å². The second kappa shape index (κ2) is 7.19. The highest BCUT2D eigenvalue weighted by molar-refractivity contribution is 5.41. The van der Waals surface area contributed by atoms with Crippen molar-refractivity contribution in [3.8, 4) is 0 Å². The Labute approximate surface area is 97.2 Å². The third-order valence-electron chi connectivity index (χ3n) is 2.36. The molecule has 0 saturated heterocycles. The Hall–Kier alpha value is -1.13. The number of hydrazine groups is 1. The first kappa shape index (κ1) is 12.9. The lowest BCUT2D eigenvalue weighted by molar-refractivity contribution is 0.115. The maximum Gasteiger partial charge on any atom is 0.145 e. The molecular weight excluding hydrogens is 202 g/mol. The molecule has 1 aromatic rings. The molecule has 0 bridgehead atoms. The standard InChI is InChI=1S/C12H21N3O/c1-10(2)5-4-8-16-9-11-6-3-7-14-12(11)15-13/h3,6-7,10H,4-5,8-9,13H2,1-2H3,(H,14,15). The average Bonchev–Trinajstić information content (AvgIpc) is 2.29. The summed E-state index contributed by atoms with van der Waals surface area (Å²) in [6.45, 7) is 5.79. The molecular formula is C12H21N3O. The van der Waals surface area contributed by atoms with E-state index in [4.69, 9.17) is 10.6 Å². The van der Waals surface area contributed by atoms with E-state index in [0.717, 1.165) is 24.5 Å². The van der Waals surface area contributed by atoms with Crippen LogP contribution in [-0.2, 0) is 11.3 Å². The van der Waals surface area contributed by atoms with Crippen molar-refractivity contribution < 1.29 is 4.74 Å². The lowest BCUT2D eigenvalue weighted by Crippen LogP contribution is -2.11. The molecule has 4 nitrogen and oxygen atoms in total. The quantitative estimate of drug-likeness (QED) is 0.423. The van der Waals surface area contributed by atoms with Crippen molar-refractivity contribution in [2.24, 2.45) is 11.8 Å². The van der Waals surface area contributed by atoms with Gasteiger partial charge in [0.05, 0.1) is 6.61 Å². The Balaban J connectivity index is 2.26. The van der Waals surface area contributed by atoms with Gasteiger partial charge in [-0.2, -0.15) is 0 Å². The van der Waals surface area contributed by atoms with Crippen LogP contribution in [0.2, 0.25) is 0 Å². The van der Waals surface area contributed by atoms with E-state index < -0.39 is 0 Å². The highest BCUT2D eigenvalue weighted by Gasteiger charge is 2.01. The first-order chi connectivity index (χ1) is 7.74. The number of nitrogens with two attached hydrogens (primary N) is 1. The van der Waals surface area contributed by atoms with Gasteiger partial charge in [-0.1, -0.05) is 19.9 Å². The molecule has 16 heavy (non-hydrogen) atoms. The van der Waals surface area contributed by atoms with Crippen molar-refractivity contribution in [2.45, 2.75) is 33.3 Å². The number of ether oxygens (including phenoxy) is 1. The van der Waals surface area contributed by atoms with Crippen LogP contribution in [0.3, 0.4) is 0 Å². The number of hydrogen-bond acceptors (Lipinski definition) is 4. The average molecular weight is 223 g/mol. The predicted octanol–water partition coefficient (Wildman–Crippen LogP) is 2.32. The molecule has 3 N–H and O–H groups in total. The molecule has 0 fully saturated rings. The van der Waals surface area contributed by atoms with Crippen molar-refractivity contribution in [2.75, 3.05) is 12.0 Å². The Bertz CT molecular complexity index is 302. The lowest BCUT2D eigenvalue weighted by atomic mass is 10.1. The molecule has 0 saturated carbocycles. The fourth-order valence-corrected chi connectivity index (χ4v) is 1.46. The molecule has 0 amide bonds. The van der Waals surface area contributed by atoms with Gasteiger partial charge in [0.15, 0.2) is 0 Å². The maximum atomic E-state index is 5.58. The van der Waals surface area contributed by atoms with Crippen LogP contribution < -0.4 is 11.3 Å². The van der Waals surface area contributed by atoms with Gasteiger partial charge < -0.3 is 10.2 Å². The van der Waals surface area contributed by atoms with E-state index in [1.54, 1.807) is 6.20 Å². The topological polar surface area (TPSA) is 60.2 Å². The SMILES string of the molecule is CC(C)CCCOCc1cccnc1NN. The first-order valence-electron chi connectivity index (χ1n) is 5.72. The molecule has 0 aliphatic carbocycles. The van der Waals surface area contributed by atoms with E-state index >= 15 is 0 Å². The number of nitrogens with one attached hydrogen (secondary N) is 1. The summed E-state index contributed by atoms with van der Waals surface area (Å²) in [4.78, 5) is 4.11. The van der Waals surface area contributed by atoms with Crippen LogP contribution in [0, 0.1) is 5.92 Å². The van der Waals surface area contributed by atoms with Gasteiger partial charge in [0.2, 0.25) is 0 Å². The molecule has 0 aromatic carbocycles. The van der Waals surface area contributed by atoms with Crippen LogP contribution in [0.1, 0.15) is 32.3 Å². The monoisotopic (exact) mass is 223 g/mol. The van der Waals surface area contributed by atoms with E-state index in [2.05, 4.69) is 24.3 Å². The van der Waals surface area contributed by atoms with E-state index in [1.807, 2.05) is 12.1 Å². The molecule has 0 radical (unpaired) electrons. The van der Waals surface area contributed by atoms with Crippen LogP contribution in [0.4, 0.5) is 5.82 Å². The van der Waals surface area contributed by atoms with Crippen molar-refractivity contribution in [1.82, 2.24) is 4.98 Å². The minimum Gasteiger partial charge on any atom is -0.377 e. The number of nitrogens with zero attached hydrogens (tertiary/aromatic N) is 1. The normalized spacial score (nSPS) is 10.8. The number of pyridine rings is 1. The van der Waals surface area contributed by atoms with Crippen LogP contribution in [0.5, 0.6) is 0 Å². The summed E-state index contributed by atoms with van der Waals surface area (Å²) in [5.41, 5.74) is 3.56. The number of aromatic nitrogens is 1. The predicted molar refractivity (Wildman–Crippen MR) is 65.8 cm³/mol. The number of hydrogen-bond donors (Lipinski definition) is 2. The fraction of sp³-hybridized carbons (Fsp3) is 0.583. The molecule has 90 valence electrons. The summed E-state index contributed by atoms with van der Waals surface area (Å²) < 4.78 is 5.58. The van der Waals surface area contributed by atoms with Gasteiger partial charge in [0.25, 0.3) is 0 Å². The van der Waals surface area contributed by atoms with E-state index in [9.17, 15) is 0 Å².